The average Bonchev–Trinajstić information content (AvgIpc) is 2.30. The van der Waals surface area contributed by atoms with Crippen LogP contribution in [-0.4, -0.2) is 36.2 Å². The molecule has 1 heterocycles. The SMILES string of the molecule is CC(CC(F)(F)F)N1CNCC1=O. The summed E-state index contributed by atoms with van der Waals surface area (Å²) in [6.45, 7) is 1.76. The summed E-state index contributed by atoms with van der Waals surface area (Å²) in [5.41, 5.74) is 0. The first-order valence-electron chi connectivity index (χ1n) is 3.97. The van der Waals surface area contributed by atoms with E-state index in [1.165, 1.54) is 11.8 Å². The molecule has 76 valence electrons. The molecule has 0 aromatic heterocycles. The van der Waals surface area contributed by atoms with Gasteiger partial charge in [-0.15, -0.1) is 0 Å². The third kappa shape index (κ3) is 2.87. The van der Waals surface area contributed by atoms with Gasteiger partial charge in [0.2, 0.25) is 5.91 Å². The zero-order valence-corrected chi connectivity index (χ0v) is 7.19. The molecule has 1 atom stereocenters. The number of hydrogen-bond donors (Lipinski definition) is 1. The number of carbonyl (C=O) groups excluding carboxylic acids is 1. The van der Waals surface area contributed by atoms with Crippen molar-refractivity contribution >= 4 is 5.91 Å². The first kappa shape index (κ1) is 10.3. The molecule has 0 saturated carbocycles. The number of alkyl halides is 3. The van der Waals surface area contributed by atoms with Gasteiger partial charge >= 0.3 is 6.18 Å². The highest BCUT2D eigenvalue weighted by Gasteiger charge is 2.35. The van der Waals surface area contributed by atoms with Crippen LogP contribution in [0.5, 0.6) is 0 Å². The summed E-state index contributed by atoms with van der Waals surface area (Å²) in [6.07, 6.45) is -5.15. The van der Waals surface area contributed by atoms with Crippen LogP contribution in [0.4, 0.5) is 13.2 Å². The highest BCUT2D eigenvalue weighted by atomic mass is 19.4. The lowest BCUT2D eigenvalue weighted by Crippen LogP contribution is -2.38. The lowest BCUT2D eigenvalue weighted by molar-refractivity contribution is -0.150. The van der Waals surface area contributed by atoms with Gasteiger partial charge in [0, 0.05) is 6.04 Å². The fourth-order valence-electron chi connectivity index (χ4n) is 1.32. The number of halogens is 3. The fourth-order valence-corrected chi connectivity index (χ4v) is 1.32. The second kappa shape index (κ2) is 3.53. The lowest BCUT2D eigenvalue weighted by atomic mass is 10.2. The molecule has 0 spiro atoms. The van der Waals surface area contributed by atoms with Crippen LogP contribution in [0.15, 0.2) is 0 Å². The molecule has 13 heavy (non-hydrogen) atoms. The zero-order valence-electron chi connectivity index (χ0n) is 7.19. The summed E-state index contributed by atoms with van der Waals surface area (Å²) in [5, 5.41) is 2.70. The van der Waals surface area contributed by atoms with Crippen LogP contribution in [0.25, 0.3) is 0 Å². The predicted octanol–water partition coefficient (Wildman–Crippen LogP) is 0.717. The zero-order chi connectivity index (χ0) is 10.1. The van der Waals surface area contributed by atoms with Crippen molar-refractivity contribution in [1.29, 1.82) is 0 Å². The number of carbonyl (C=O) groups is 1. The number of hydrogen-bond acceptors (Lipinski definition) is 2. The third-order valence-corrected chi connectivity index (χ3v) is 1.94. The molecule has 0 aromatic rings. The van der Waals surface area contributed by atoms with Crippen LogP contribution in [0, 0.1) is 0 Å². The first-order chi connectivity index (χ1) is 5.90. The molecule has 1 fully saturated rings. The fraction of sp³-hybridized carbons (Fsp3) is 0.857. The van der Waals surface area contributed by atoms with Gasteiger partial charge < -0.3 is 4.90 Å². The maximum atomic E-state index is 11.9. The highest BCUT2D eigenvalue weighted by Crippen LogP contribution is 2.24. The average molecular weight is 196 g/mol. The molecule has 1 unspecified atom stereocenters. The second-order valence-corrected chi connectivity index (χ2v) is 3.12. The van der Waals surface area contributed by atoms with E-state index in [1.54, 1.807) is 0 Å². The van der Waals surface area contributed by atoms with Crippen molar-refractivity contribution in [1.82, 2.24) is 10.2 Å². The smallest absolute Gasteiger partial charge is 0.326 e. The number of amides is 1. The maximum absolute atomic E-state index is 11.9. The third-order valence-electron chi connectivity index (χ3n) is 1.94. The molecule has 1 rings (SSSR count). The minimum Gasteiger partial charge on any atom is -0.326 e. The van der Waals surface area contributed by atoms with Crippen molar-refractivity contribution in [3.63, 3.8) is 0 Å². The van der Waals surface area contributed by atoms with Gasteiger partial charge in [-0.2, -0.15) is 13.2 Å². The molecule has 0 bridgehead atoms. The molecule has 1 saturated heterocycles. The lowest BCUT2D eigenvalue weighted by Gasteiger charge is -2.24. The number of nitrogens with one attached hydrogen (secondary N) is 1. The predicted molar refractivity (Wildman–Crippen MR) is 39.8 cm³/mol. The summed E-state index contributed by atoms with van der Waals surface area (Å²) in [4.78, 5) is 12.2. The van der Waals surface area contributed by atoms with E-state index < -0.39 is 18.6 Å². The molecular formula is C7H11F3N2O. The van der Waals surface area contributed by atoms with Gasteiger partial charge in [-0.25, -0.2) is 0 Å². The summed E-state index contributed by atoms with van der Waals surface area (Å²) >= 11 is 0. The number of nitrogens with zero attached hydrogens (tertiary/aromatic N) is 1. The standard InChI is InChI=1S/C7H11F3N2O/c1-5(2-7(8,9)10)12-4-11-3-6(12)13/h5,11H,2-4H2,1H3. The summed E-state index contributed by atoms with van der Waals surface area (Å²) in [5.74, 6) is -0.267. The van der Waals surface area contributed by atoms with E-state index in [1.807, 2.05) is 0 Å². The van der Waals surface area contributed by atoms with E-state index in [0.717, 1.165) is 0 Å². The minimum absolute atomic E-state index is 0.141. The minimum atomic E-state index is -4.21. The molecule has 1 aliphatic heterocycles. The van der Waals surface area contributed by atoms with Crippen LogP contribution >= 0.6 is 0 Å². The Morgan fingerprint density at radius 3 is 2.62 bits per heavy atom. The van der Waals surface area contributed by atoms with Crippen molar-refractivity contribution in [3.05, 3.63) is 0 Å². The van der Waals surface area contributed by atoms with Gasteiger partial charge in [-0.05, 0) is 6.92 Å². The van der Waals surface area contributed by atoms with Gasteiger partial charge in [-0.1, -0.05) is 0 Å². The first-order valence-corrected chi connectivity index (χ1v) is 3.97. The molecule has 3 nitrogen and oxygen atoms in total. The van der Waals surface area contributed by atoms with Gasteiger partial charge in [-0.3, -0.25) is 10.1 Å². The van der Waals surface area contributed by atoms with Crippen LogP contribution in [-0.2, 0) is 4.79 Å². The quantitative estimate of drug-likeness (QED) is 0.705. The van der Waals surface area contributed by atoms with Gasteiger partial charge in [0.25, 0.3) is 0 Å². The summed E-state index contributed by atoms with van der Waals surface area (Å²) < 4.78 is 35.8. The second-order valence-electron chi connectivity index (χ2n) is 3.12. The van der Waals surface area contributed by atoms with Gasteiger partial charge in [0.15, 0.2) is 0 Å². The van der Waals surface area contributed by atoms with E-state index in [0.29, 0.717) is 0 Å². The topological polar surface area (TPSA) is 32.3 Å². The monoisotopic (exact) mass is 196 g/mol. The molecule has 0 radical (unpaired) electrons. The van der Waals surface area contributed by atoms with E-state index in [-0.39, 0.29) is 19.1 Å². The Bertz CT molecular complexity index is 204. The van der Waals surface area contributed by atoms with E-state index in [2.05, 4.69) is 5.32 Å². The molecule has 0 aliphatic carbocycles. The van der Waals surface area contributed by atoms with Gasteiger partial charge in [0.05, 0.1) is 19.6 Å². The van der Waals surface area contributed by atoms with Crippen molar-refractivity contribution in [3.8, 4) is 0 Å². The van der Waals surface area contributed by atoms with Crippen LogP contribution in [0.1, 0.15) is 13.3 Å². The Hall–Kier alpha value is -0.780. The summed E-state index contributed by atoms with van der Waals surface area (Å²) in [7, 11) is 0. The normalized spacial score (nSPS) is 20.9. The maximum Gasteiger partial charge on any atom is 0.391 e. The highest BCUT2D eigenvalue weighted by molar-refractivity contribution is 5.80. The number of rotatable bonds is 2. The van der Waals surface area contributed by atoms with E-state index >= 15 is 0 Å². The molecule has 1 N–H and O–H groups in total. The van der Waals surface area contributed by atoms with Crippen molar-refractivity contribution < 1.29 is 18.0 Å². The Morgan fingerprint density at radius 2 is 2.23 bits per heavy atom. The van der Waals surface area contributed by atoms with Crippen molar-refractivity contribution in [2.75, 3.05) is 13.2 Å². The molecule has 6 heteroatoms. The molecule has 1 aliphatic rings. The largest absolute Gasteiger partial charge is 0.391 e. The van der Waals surface area contributed by atoms with E-state index in [4.69, 9.17) is 0 Å². The Labute approximate surface area is 73.9 Å². The Balaban J connectivity index is 2.47. The summed E-state index contributed by atoms with van der Waals surface area (Å²) in [6, 6.07) is -0.775. The van der Waals surface area contributed by atoms with Crippen LogP contribution in [0.2, 0.25) is 0 Å². The van der Waals surface area contributed by atoms with Crippen LogP contribution in [0.3, 0.4) is 0 Å². The van der Waals surface area contributed by atoms with Gasteiger partial charge in [0.1, 0.15) is 0 Å². The molecule has 0 aromatic carbocycles. The van der Waals surface area contributed by atoms with Crippen LogP contribution < -0.4 is 5.32 Å². The molecular weight excluding hydrogens is 185 g/mol. The van der Waals surface area contributed by atoms with Crippen molar-refractivity contribution in [2.24, 2.45) is 0 Å². The van der Waals surface area contributed by atoms with Crippen molar-refractivity contribution in [2.45, 2.75) is 25.6 Å². The van der Waals surface area contributed by atoms with E-state index in [9.17, 15) is 18.0 Å². The Morgan fingerprint density at radius 1 is 1.62 bits per heavy atom. The molecule has 1 amide bonds. The Kier molecular flexibility index (Phi) is 2.80.